The Labute approximate surface area is 119 Å². The third-order valence-corrected chi connectivity index (χ3v) is 4.05. The van der Waals surface area contributed by atoms with Gasteiger partial charge in [-0.3, -0.25) is 0 Å². The molecule has 1 aromatic carbocycles. The molecule has 0 aliphatic rings. The first-order chi connectivity index (χ1) is 8.80. The maximum atomic E-state index is 13.2. The van der Waals surface area contributed by atoms with Gasteiger partial charge >= 0.3 is 0 Å². The van der Waals surface area contributed by atoms with Crippen molar-refractivity contribution in [1.82, 2.24) is 5.32 Å². The minimum absolute atomic E-state index is 0.195. The number of hydrogen-bond donors (Lipinski definition) is 1. The maximum Gasteiger partial charge on any atom is 0.126 e. The molecule has 0 saturated carbocycles. The quantitative estimate of drug-likeness (QED) is 0.848. The molecule has 0 amide bonds. The topological polar surface area (TPSA) is 12.0 Å². The summed E-state index contributed by atoms with van der Waals surface area (Å²) in [6.45, 7) is 9.40. The molecule has 108 valence electrons. The van der Waals surface area contributed by atoms with Crippen LogP contribution >= 0.6 is 11.8 Å². The molecule has 0 aliphatic carbocycles. The Bertz CT molecular complexity index is 381. The minimum Gasteiger partial charge on any atom is -0.313 e. The van der Waals surface area contributed by atoms with Crippen molar-refractivity contribution in [2.24, 2.45) is 0 Å². The Balaban J connectivity index is 2.66. The average molecular weight is 287 g/mol. The summed E-state index contributed by atoms with van der Waals surface area (Å²) in [5.41, 5.74) is 0.706. The van der Waals surface area contributed by atoms with E-state index in [0.717, 1.165) is 18.4 Å². The second kappa shape index (κ2) is 7.25. The van der Waals surface area contributed by atoms with Gasteiger partial charge in [-0.15, -0.1) is 0 Å². The van der Waals surface area contributed by atoms with Gasteiger partial charge in [0.25, 0.3) is 0 Å². The van der Waals surface area contributed by atoms with E-state index in [4.69, 9.17) is 0 Å². The van der Waals surface area contributed by atoms with Crippen LogP contribution < -0.4 is 5.32 Å². The van der Waals surface area contributed by atoms with Crippen molar-refractivity contribution in [2.45, 2.75) is 44.9 Å². The molecule has 19 heavy (non-hydrogen) atoms. The number of likely N-dealkylation sites (N-methyl/N-ethyl adjacent to an activating group) is 1. The van der Waals surface area contributed by atoms with Crippen molar-refractivity contribution in [3.05, 3.63) is 35.4 Å². The molecule has 0 bridgehead atoms. The Kier molecular flexibility index (Phi) is 6.27. The first-order valence-electron chi connectivity index (χ1n) is 6.62. The highest BCUT2D eigenvalue weighted by Gasteiger charge is 2.16. The van der Waals surface area contributed by atoms with Crippen molar-refractivity contribution in [3.8, 4) is 0 Å². The number of hydrogen-bond acceptors (Lipinski definition) is 2. The normalized spacial score (nSPS) is 13.6. The van der Waals surface area contributed by atoms with E-state index in [1.807, 2.05) is 18.7 Å². The molecule has 1 N–H and O–H groups in total. The molecule has 0 radical (unpaired) electrons. The maximum absolute atomic E-state index is 13.2. The van der Waals surface area contributed by atoms with Crippen LogP contribution in [0.25, 0.3) is 0 Å². The lowest BCUT2D eigenvalue weighted by Crippen LogP contribution is -2.34. The highest BCUT2D eigenvalue weighted by Crippen LogP contribution is 2.24. The molecule has 1 nitrogen and oxygen atoms in total. The number of nitrogens with one attached hydrogen (secondary N) is 1. The Morgan fingerprint density at radius 2 is 1.74 bits per heavy atom. The van der Waals surface area contributed by atoms with Gasteiger partial charge in [0.05, 0.1) is 0 Å². The third-order valence-electron chi connectivity index (χ3n) is 2.61. The molecule has 0 fully saturated rings. The van der Waals surface area contributed by atoms with Crippen LogP contribution in [0.15, 0.2) is 18.2 Å². The lowest BCUT2D eigenvalue weighted by Gasteiger charge is -2.23. The summed E-state index contributed by atoms with van der Waals surface area (Å²) in [7, 11) is 0. The van der Waals surface area contributed by atoms with E-state index in [-0.39, 0.29) is 10.8 Å². The SMILES string of the molecule is CCNC(CSC(C)(C)C)Cc1cc(F)cc(F)c1. The number of halogens is 2. The Morgan fingerprint density at radius 1 is 1.16 bits per heavy atom. The summed E-state index contributed by atoms with van der Waals surface area (Å²) in [5, 5.41) is 3.38. The highest BCUT2D eigenvalue weighted by molar-refractivity contribution is 8.00. The summed E-state index contributed by atoms with van der Waals surface area (Å²) >= 11 is 1.86. The zero-order valence-electron chi connectivity index (χ0n) is 12.1. The largest absolute Gasteiger partial charge is 0.313 e. The summed E-state index contributed by atoms with van der Waals surface area (Å²) in [5.74, 6) is -0.0856. The van der Waals surface area contributed by atoms with Crippen molar-refractivity contribution in [1.29, 1.82) is 0 Å². The molecule has 0 aliphatic heterocycles. The molecule has 0 heterocycles. The van der Waals surface area contributed by atoms with E-state index in [1.165, 1.54) is 12.1 Å². The molecule has 1 rings (SSSR count). The third kappa shape index (κ3) is 6.92. The van der Waals surface area contributed by atoms with Crippen LogP contribution in [0, 0.1) is 11.6 Å². The predicted molar refractivity (Wildman–Crippen MR) is 79.7 cm³/mol. The lowest BCUT2D eigenvalue weighted by molar-refractivity contribution is 0.553. The molecular formula is C15H23F2NS. The van der Waals surface area contributed by atoms with Crippen molar-refractivity contribution < 1.29 is 8.78 Å². The number of benzene rings is 1. The molecule has 1 unspecified atom stereocenters. The van der Waals surface area contributed by atoms with E-state index in [9.17, 15) is 8.78 Å². The molecule has 1 atom stereocenters. The monoisotopic (exact) mass is 287 g/mol. The molecule has 0 spiro atoms. The van der Waals surface area contributed by atoms with E-state index < -0.39 is 11.6 Å². The molecule has 4 heteroatoms. The summed E-state index contributed by atoms with van der Waals surface area (Å²) in [4.78, 5) is 0. The van der Waals surface area contributed by atoms with Crippen molar-refractivity contribution in [2.75, 3.05) is 12.3 Å². The zero-order chi connectivity index (χ0) is 14.5. The van der Waals surface area contributed by atoms with Crippen LogP contribution in [-0.2, 0) is 6.42 Å². The van der Waals surface area contributed by atoms with Gasteiger partial charge in [-0.25, -0.2) is 8.78 Å². The van der Waals surface area contributed by atoms with Gasteiger partial charge in [0, 0.05) is 22.6 Å². The smallest absolute Gasteiger partial charge is 0.126 e. The van der Waals surface area contributed by atoms with Gasteiger partial charge in [-0.1, -0.05) is 27.7 Å². The van der Waals surface area contributed by atoms with Gasteiger partial charge in [0.15, 0.2) is 0 Å². The van der Waals surface area contributed by atoms with Crippen LogP contribution in [0.2, 0.25) is 0 Å². The van der Waals surface area contributed by atoms with Crippen LogP contribution in [0.4, 0.5) is 8.78 Å². The average Bonchev–Trinajstić information content (AvgIpc) is 2.23. The second-order valence-electron chi connectivity index (χ2n) is 5.66. The molecule has 0 aromatic heterocycles. The first-order valence-corrected chi connectivity index (χ1v) is 7.61. The first kappa shape index (κ1) is 16.4. The van der Waals surface area contributed by atoms with E-state index in [0.29, 0.717) is 12.0 Å². The van der Waals surface area contributed by atoms with Crippen molar-refractivity contribution in [3.63, 3.8) is 0 Å². The fourth-order valence-electron chi connectivity index (χ4n) is 1.84. The summed E-state index contributed by atoms with van der Waals surface area (Å²) < 4.78 is 26.5. The van der Waals surface area contributed by atoms with Gasteiger partial charge < -0.3 is 5.32 Å². The van der Waals surface area contributed by atoms with Crippen LogP contribution in [0.3, 0.4) is 0 Å². The number of thioether (sulfide) groups is 1. The van der Waals surface area contributed by atoms with Gasteiger partial charge in [0.2, 0.25) is 0 Å². The van der Waals surface area contributed by atoms with Crippen molar-refractivity contribution >= 4 is 11.8 Å². The molecule has 0 saturated heterocycles. The Hall–Kier alpha value is -0.610. The van der Waals surface area contributed by atoms with Crippen LogP contribution in [0.5, 0.6) is 0 Å². The molecular weight excluding hydrogens is 264 g/mol. The fourth-order valence-corrected chi connectivity index (χ4v) is 2.78. The number of rotatable bonds is 6. The van der Waals surface area contributed by atoms with Gasteiger partial charge in [0.1, 0.15) is 11.6 Å². The second-order valence-corrected chi connectivity index (χ2v) is 7.51. The van der Waals surface area contributed by atoms with Gasteiger partial charge in [-0.2, -0.15) is 11.8 Å². The fraction of sp³-hybridized carbons (Fsp3) is 0.600. The molecule has 1 aromatic rings. The summed E-state index contributed by atoms with van der Waals surface area (Å²) in [6, 6.07) is 3.97. The minimum atomic E-state index is -0.506. The van der Waals surface area contributed by atoms with E-state index in [2.05, 4.69) is 26.1 Å². The van der Waals surface area contributed by atoms with Crippen LogP contribution in [0.1, 0.15) is 33.3 Å². The van der Waals surface area contributed by atoms with E-state index in [1.54, 1.807) is 0 Å². The summed E-state index contributed by atoms with van der Waals surface area (Å²) in [6.07, 6.45) is 0.644. The highest BCUT2D eigenvalue weighted by atomic mass is 32.2. The Morgan fingerprint density at radius 3 is 2.21 bits per heavy atom. The zero-order valence-corrected chi connectivity index (χ0v) is 12.9. The van der Waals surface area contributed by atoms with Gasteiger partial charge in [-0.05, 0) is 30.7 Å². The van der Waals surface area contributed by atoms with E-state index >= 15 is 0 Å². The van der Waals surface area contributed by atoms with Crippen LogP contribution in [-0.4, -0.2) is 23.1 Å². The predicted octanol–water partition coefficient (Wildman–Crippen LogP) is 4.02. The standard InChI is InChI=1S/C15H23F2NS/c1-5-18-14(10-19-15(2,3)4)8-11-6-12(16)9-13(17)7-11/h6-7,9,14,18H,5,8,10H2,1-4H3. The lowest BCUT2D eigenvalue weighted by atomic mass is 10.1.